The third-order valence-corrected chi connectivity index (χ3v) is 4.49. The van der Waals surface area contributed by atoms with Gasteiger partial charge in [-0.05, 0) is 25.5 Å². The maximum Gasteiger partial charge on any atom is 0.258 e. The lowest BCUT2D eigenvalue weighted by molar-refractivity contribution is -0.110. The van der Waals surface area contributed by atoms with Gasteiger partial charge in [-0.15, -0.1) is 0 Å². The Bertz CT molecular complexity index is 1100. The number of nitrogens with zero attached hydrogens (tertiary/aromatic N) is 4. The Balaban J connectivity index is 1.79. The molecule has 1 amide bonds. The summed E-state index contributed by atoms with van der Waals surface area (Å²) in [6.07, 6.45) is 7.82. The van der Waals surface area contributed by atoms with Crippen molar-refractivity contribution in [1.82, 2.24) is 19.7 Å². The van der Waals surface area contributed by atoms with Crippen LogP contribution in [-0.4, -0.2) is 25.7 Å². The summed E-state index contributed by atoms with van der Waals surface area (Å²) in [6.45, 7) is 3.50. The second kappa shape index (κ2) is 6.31. The number of hydrogen-bond donors (Lipinski definition) is 2. The van der Waals surface area contributed by atoms with E-state index in [1.54, 1.807) is 36.3 Å². The molecule has 0 atom stereocenters. The number of hydrogen-bond acceptors (Lipinski definition) is 5. The first kappa shape index (κ1) is 16.9. The Labute approximate surface area is 155 Å². The van der Waals surface area contributed by atoms with Gasteiger partial charge >= 0.3 is 0 Å². The predicted octanol–water partition coefficient (Wildman–Crippen LogP) is 3.12. The number of aryl methyl sites for hydroxylation is 1. The molecule has 0 fully saturated rings. The van der Waals surface area contributed by atoms with Gasteiger partial charge in [-0.25, -0.2) is 4.39 Å². The molecule has 0 aliphatic carbocycles. The minimum absolute atomic E-state index is 0.216. The first-order valence-corrected chi connectivity index (χ1v) is 8.33. The number of halogens is 1. The van der Waals surface area contributed by atoms with Crippen molar-refractivity contribution >= 4 is 22.9 Å². The number of allylic oxidation sites excluding steroid dienone is 1. The molecule has 1 aliphatic rings. The lowest BCUT2D eigenvalue weighted by Crippen LogP contribution is -2.08. The van der Waals surface area contributed by atoms with E-state index in [4.69, 9.17) is 0 Å². The highest BCUT2D eigenvalue weighted by Crippen LogP contribution is 2.36. The van der Waals surface area contributed by atoms with E-state index in [1.807, 2.05) is 20.2 Å². The highest BCUT2D eigenvalue weighted by Gasteiger charge is 2.28. The number of anilines is 2. The van der Waals surface area contributed by atoms with Crippen LogP contribution in [0.5, 0.6) is 0 Å². The van der Waals surface area contributed by atoms with Crippen LogP contribution in [0.2, 0.25) is 0 Å². The van der Waals surface area contributed by atoms with Crippen LogP contribution in [0.3, 0.4) is 0 Å². The molecular formula is C19H17FN6O. The van der Waals surface area contributed by atoms with Crippen molar-refractivity contribution in [2.45, 2.75) is 13.8 Å². The maximum absolute atomic E-state index is 13.9. The molecule has 0 aromatic carbocycles. The van der Waals surface area contributed by atoms with Crippen molar-refractivity contribution < 1.29 is 9.18 Å². The number of fused-ring (bicyclic) bond motifs is 1. The molecule has 136 valence electrons. The summed E-state index contributed by atoms with van der Waals surface area (Å²) >= 11 is 0. The first-order chi connectivity index (χ1) is 12.9. The Morgan fingerprint density at radius 2 is 2.04 bits per heavy atom. The van der Waals surface area contributed by atoms with Gasteiger partial charge < -0.3 is 10.6 Å². The number of nitrogens with one attached hydrogen (secondary N) is 2. The normalized spacial score (nSPS) is 14.7. The van der Waals surface area contributed by atoms with Gasteiger partial charge in [0, 0.05) is 36.3 Å². The van der Waals surface area contributed by atoms with Crippen molar-refractivity contribution in [3.05, 3.63) is 59.7 Å². The molecule has 0 radical (unpaired) electrons. The van der Waals surface area contributed by atoms with Gasteiger partial charge in [0.15, 0.2) is 0 Å². The molecule has 8 heteroatoms. The van der Waals surface area contributed by atoms with Gasteiger partial charge in [0.1, 0.15) is 5.82 Å². The Morgan fingerprint density at radius 1 is 1.22 bits per heavy atom. The summed E-state index contributed by atoms with van der Waals surface area (Å²) in [6, 6.07) is 1.78. The number of amides is 1. The number of carbonyl (C=O) groups excluding carboxylic acids is 1. The summed E-state index contributed by atoms with van der Waals surface area (Å²) in [5, 5.41) is 10.1. The third-order valence-electron chi connectivity index (χ3n) is 4.49. The van der Waals surface area contributed by atoms with Crippen LogP contribution in [-0.2, 0) is 11.8 Å². The number of aromatic nitrogens is 4. The summed E-state index contributed by atoms with van der Waals surface area (Å²) in [4.78, 5) is 20.8. The highest BCUT2D eigenvalue weighted by atomic mass is 19.1. The molecule has 0 unspecified atom stereocenters. The molecule has 0 saturated carbocycles. The summed E-state index contributed by atoms with van der Waals surface area (Å²) in [7, 11) is 1.82. The Morgan fingerprint density at radius 3 is 2.78 bits per heavy atom. The Kier molecular flexibility index (Phi) is 3.95. The highest BCUT2D eigenvalue weighted by molar-refractivity contribution is 6.32. The molecule has 4 rings (SSSR count). The van der Waals surface area contributed by atoms with Crippen LogP contribution in [0, 0.1) is 12.7 Å². The fourth-order valence-electron chi connectivity index (χ4n) is 3.11. The van der Waals surface area contributed by atoms with Crippen LogP contribution in [0.15, 0.2) is 42.7 Å². The zero-order valence-electron chi connectivity index (χ0n) is 15.0. The second-order valence-corrected chi connectivity index (χ2v) is 6.39. The van der Waals surface area contributed by atoms with Crippen LogP contribution >= 0.6 is 0 Å². The first-order valence-electron chi connectivity index (χ1n) is 8.33. The monoisotopic (exact) mass is 364 g/mol. The van der Waals surface area contributed by atoms with Crippen molar-refractivity contribution in [2.75, 3.05) is 10.6 Å². The third kappa shape index (κ3) is 2.95. The Hall–Kier alpha value is -3.55. The maximum atomic E-state index is 13.9. The van der Waals surface area contributed by atoms with Crippen molar-refractivity contribution in [3.63, 3.8) is 0 Å². The van der Waals surface area contributed by atoms with E-state index in [0.29, 0.717) is 39.3 Å². The number of carbonyl (C=O) groups is 1. The average molecular weight is 364 g/mol. The van der Waals surface area contributed by atoms with E-state index >= 15 is 0 Å². The molecule has 2 N–H and O–H groups in total. The molecule has 3 aromatic heterocycles. The van der Waals surface area contributed by atoms with E-state index < -0.39 is 5.82 Å². The van der Waals surface area contributed by atoms with E-state index in [1.165, 1.54) is 6.20 Å². The van der Waals surface area contributed by atoms with E-state index in [0.717, 1.165) is 5.69 Å². The predicted molar refractivity (Wildman–Crippen MR) is 100 cm³/mol. The van der Waals surface area contributed by atoms with Crippen molar-refractivity contribution in [1.29, 1.82) is 0 Å². The van der Waals surface area contributed by atoms with Crippen molar-refractivity contribution in [3.8, 4) is 11.3 Å². The fourth-order valence-corrected chi connectivity index (χ4v) is 3.11. The van der Waals surface area contributed by atoms with E-state index in [-0.39, 0.29) is 5.91 Å². The number of rotatable bonds is 3. The van der Waals surface area contributed by atoms with Crippen LogP contribution in [0.1, 0.15) is 18.1 Å². The van der Waals surface area contributed by atoms with Gasteiger partial charge in [0.25, 0.3) is 5.91 Å². The molecule has 1 aliphatic heterocycles. The largest absolute Gasteiger partial charge is 0.356 e. The summed E-state index contributed by atoms with van der Waals surface area (Å²) in [5.74, 6) is -0.610. The lowest BCUT2D eigenvalue weighted by Gasteiger charge is -2.09. The molecule has 27 heavy (non-hydrogen) atoms. The fraction of sp³-hybridized carbons (Fsp3) is 0.158. The topological polar surface area (TPSA) is 84.7 Å². The average Bonchev–Trinajstić information content (AvgIpc) is 3.18. The standard InChI is InChI=1S/C19H17FN6O/c1-10-14(6-21-7-15(10)20)16-4-13-17(8-22-16)25-19(27)18(13)11(2)24-12-5-23-26(3)9-12/h4-9,24H,1-3H3,(H,25,27)/b18-11-. The summed E-state index contributed by atoms with van der Waals surface area (Å²) < 4.78 is 15.5. The minimum atomic E-state index is -0.394. The molecule has 0 spiro atoms. The molecule has 0 bridgehead atoms. The van der Waals surface area contributed by atoms with Gasteiger partial charge in [0.05, 0.1) is 41.2 Å². The molecule has 3 aromatic rings. The SMILES string of the molecule is C/C(Nc1cnn(C)c1)=C1/C(=O)Nc2cnc(-c3cncc(F)c3C)cc21. The minimum Gasteiger partial charge on any atom is -0.356 e. The van der Waals surface area contributed by atoms with Crippen LogP contribution in [0.4, 0.5) is 15.8 Å². The lowest BCUT2D eigenvalue weighted by atomic mass is 10.0. The van der Waals surface area contributed by atoms with Crippen LogP contribution in [0.25, 0.3) is 16.8 Å². The van der Waals surface area contributed by atoms with Crippen molar-refractivity contribution in [2.24, 2.45) is 7.05 Å². The van der Waals surface area contributed by atoms with E-state index in [2.05, 4.69) is 25.7 Å². The quantitative estimate of drug-likeness (QED) is 0.698. The van der Waals surface area contributed by atoms with Gasteiger partial charge in [-0.1, -0.05) is 0 Å². The molecule has 4 heterocycles. The van der Waals surface area contributed by atoms with Gasteiger partial charge in [0.2, 0.25) is 0 Å². The zero-order chi connectivity index (χ0) is 19.1. The second-order valence-electron chi connectivity index (χ2n) is 6.39. The smallest absolute Gasteiger partial charge is 0.258 e. The molecular weight excluding hydrogens is 347 g/mol. The summed E-state index contributed by atoms with van der Waals surface area (Å²) in [5.41, 5.74) is 4.92. The van der Waals surface area contributed by atoms with Gasteiger partial charge in [-0.3, -0.25) is 19.4 Å². The van der Waals surface area contributed by atoms with Crippen LogP contribution < -0.4 is 10.6 Å². The molecule has 0 saturated heterocycles. The molecule has 7 nitrogen and oxygen atoms in total. The number of pyridine rings is 2. The van der Waals surface area contributed by atoms with E-state index in [9.17, 15) is 9.18 Å². The van der Waals surface area contributed by atoms with Gasteiger partial charge in [-0.2, -0.15) is 5.10 Å². The zero-order valence-corrected chi connectivity index (χ0v) is 15.0.